The van der Waals surface area contributed by atoms with E-state index >= 15 is 0 Å². The number of imidazole rings is 1. The van der Waals surface area contributed by atoms with Crippen molar-refractivity contribution in [1.82, 2.24) is 24.6 Å². The summed E-state index contributed by atoms with van der Waals surface area (Å²) in [6.07, 6.45) is 2.50. The number of halogens is 3. The molecule has 1 aliphatic carbocycles. The molecule has 0 atom stereocenters. The molecular weight excluding hydrogens is 427 g/mol. The van der Waals surface area contributed by atoms with E-state index in [1.54, 1.807) is 36.0 Å². The fourth-order valence-electron chi connectivity index (χ4n) is 3.16. The Morgan fingerprint density at radius 3 is 2.59 bits per heavy atom. The van der Waals surface area contributed by atoms with Gasteiger partial charge in [-0.05, 0) is 43.4 Å². The minimum Gasteiger partial charge on any atom is -0.406 e. The van der Waals surface area contributed by atoms with Crippen LogP contribution in [0.4, 0.5) is 13.2 Å². The quantitative estimate of drug-likeness (QED) is 0.502. The number of ether oxygens (including phenoxy) is 1. The number of nitrogens with zero attached hydrogens (tertiary/aromatic N) is 3. The molecule has 0 unspecified atom stereocenters. The molecule has 0 bridgehead atoms. The summed E-state index contributed by atoms with van der Waals surface area (Å²) in [6, 6.07) is 7.87. The summed E-state index contributed by atoms with van der Waals surface area (Å²) in [5.41, 5.74) is 2.32. The van der Waals surface area contributed by atoms with E-state index in [4.69, 9.17) is 0 Å². The number of alkyl halides is 3. The second-order valence-corrected chi connectivity index (χ2v) is 7.25. The van der Waals surface area contributed by atoms with Gasteiger partial charge in [0.05, 0.1) is 11.3 Å². The average molecular weight is 445 g/mol. The van der Waals surface area contributed by atoms with Crippen molar-refractivity contribution in [3.8, 4) is 17.0 Å². The molecule has 1 saturated carbocycles. The molecule has 32 heavy (non-hydrogen) atoms. The van der Waals surface area contributed by atoms with E-state index in [1.165, 1.54) is 18.3 Å². The third kappa shape index (κ3) is 4.88. The number of para-hydroxylation sites is 1. The molecule has 166 valence electrons. The lowest BCUT2D eigenvalue weighted by Crippen LogP contribution is -2.23. The number of rotatable bonds is 3. The van der Waals surface area contributed by atoms with Crippen LogP contribution in [0, 0.1) is 6.92 Å². The Bertz CT molecular complexity index is 1370. The number of aryl methyl sites for hydroxylation is 1. The van der Waals surface area contributed by atoms with Crippen molar-refractivity contribution in [3.05, 3.63) is 80.9 Å². The highest BCUT2D eigenvalue weighted by atomic mass is 19.4. The van der Waals surface area contributed by atoms with Crippen LogP contribution in [0.2, 0.25) is 0 Å². The zero-order valence-electron chi connectivity index (χ0n) is 16.8. The SMILES string of the molecule is Cc1ccccc1OC(F)(F)F.O=c1[nH]cc(-c2cc(C3CC3)c3nccn3n2)c(=O)[nH]1. The van der Waals surface area contributed by atoms with Gasteiger partial charge in [0.15, 0.2) is 5.65 Å². The van der Waals surface area contributed by atoms with Crippen LogP contribution in [0.1, 0.15) is 29.9 Å². The Labute approximate surface area is 178 Å². The van der Waals surface area contributed by atoms with Crippen molar-refractivity contribution < 1.29 is 17.9 Å². The number of hydrogen-bond donors (Lipinski definition) is 2. The third-order valence-electron chi connectivity index (χ3n) is 4.82. The molecular formula is C21H18F3N5O3. The van der Waals surface area contributed by atoms with Crippen molar-refractivity contribution in [2.24, 2.45) is 0 Å². The molecule has 4 aromatic rings. The molecule has 3 heterocycles. The van der Waals surface area contributed by atoms with Gasteiger partial charge in [0.25, 0.3) is 5.56 Å². The third-order valence-corrected chi connectivity index (χ3v) is 4.82. The molecule has 0 spiro atoms. The number of benzene rings is 1. The van der Waals surface area contributed by atoms with Crippen LogP contribution in [0.5, 0.6) is 5.75 Å². The molecule has 0 aliphatic heterocycles. The van der Waals surface area contributed by atoms with Crippen molar-refractivity contribution in [1.29, 1.82) is 0 Å². The lowest BCUT2D eigenvalue weighted by Gasteiger charge is -2.10. The van der Waals surface area contributed by atoms with Gasteiger partial charge in [-0.3, -0.25) is 9.78 Å². The summed E-state index contributed by atoms with van der Waals surface area (Å²) < 4.78 is 40.5. The lowest BCUT2D eigenvalue weighted by molar-refractivity contribution is -0.274. The van der Waals surface area contributed by atoms with E-state index in [2.05, 4.69) is 24.8 Å². The maximum absolute atomic E-state index is 11.9. The minimum absolute atomic E-state index is 0.148. The predicted molar refractivity (Wildman–Crippen MR) is 110 cm³/mol. The number of nitrogens with one attached hydrogen (secondary N) is 2. The fraction of sp³-hybridized carbons (Fsp3) is 0.238. The molecule has 1 aromatic carbocycles. The highest BCUT2D eigenvalue weighted by molar-refractivity contribution is 5.62. The van der Waals surface area contributed by atoms with Crippen LogP contribution >= 0.6 is 0 Å². The van der Waals surface area contributed by atoms with Crippen molar-refractivity contribution in [2.75, 3.05) is 0 Å². The number of H-pyrrole nitrogens is 2. The van der Waals surface area contributed by atoms with Gasteiger partial charge >= 0.3 is 12.1 Å². The second-order valence-electron chi connectivity index (χ2n) is 7.25. The summed E-state index contributed by atoms with van der Waals surface area (Å²) in [6.45, 7) is 1.56. The molecule has 1 aliphatic rings. The first-order chi connectivity index (χ1) is 15.2. The van der Waals surface area contributed by atoms with Crippen LogP contribution in [0.25, 0.3) is 16.9 Å². The molecule has 1 fully saturated rings. The smallest absolute Gasteiger partial charge is 0.406 e. The van der Waals surface area contributed by atoms with Crippen LogP contribution < -0.4 is 16.0 Å². The van der Waals surface area contributed by atoms with Crippen molar-refractivity contribution in [2.45, 2.75) is 32.0 Å². The molecule has 2 N–H and O–H groups in total. The largest absolute Gasteiger partial charge is 0.573 e. The standard InChI is InChI=1S/C13H11N5O2.C8H7F3O/c19-12-9(6-15-13(20)16-12)10-5-8(7-1-2-7)11-14-3-4-18(11)17-10;1-6-4-2-3-5-7(6)12-8(9,10)11/h3-7H,1-2H2,(H2,15,16,19,20);2-5H,1H3. The maximum Gasteiger partial charge on any atom is 0.573 e. The molecule has 5 rings (SSSR count). The van der Waals surface area contributed by atoms with Gasteiger partial charge in [0, 0.05) is 24.2 Å². The zero-order valence-corrected chi connectivity index (χ0v) is 16.8. The van der Waals surface area contributed by atoms with Crippen LogP contribution in [0.3, 0.4) is 0 Å². The summed E-state index contributed by atoms with van der Waals surface area (Å²) in [5, 5.41) is 4.38. The van der Waals surface area contributed by atoms with Crippen LogP contribution in [-0.4, -0.2) is 30.9 Å². The number of aromatic nitrogens is 5. The monoisotopic (exact) mass is 445 g/mol. The highest BCUT2D eigenvalue weighted by Gasteiger charge is 2.31. The Morgan fingerprint density at radius 2 is 1.94 bits per heavy atom. The first kappa shape index (κ1) is 21.3. The molecule has 8 nitrogen and oxygen atoms in total. The average Bonchev–Trinajstić information content (AvgIpc) is 3.45. The summed E-state index contributed by atoms with van der Waals surface area (Å²) in [5.74, 6) is 0.341. The van der Waals surface area contributed by atoms with E-state index in [0.717, 1.165) is 24.1 Å². The van der Waals surface area contributed by atoms with E-state index in [9.17, 15) is 22.8 Å². The normalized spacial score (nSPS) is 13.5. The first-order valence-electron chi connectivity index (χ1n) is 9.69. The van der Waals surface area contributed by atoms with E-state index in [-0.39, 0.29) is 5.75 Å². The van der Waals surface area contributed by atoms with Gasteiger partial charge in [-0.1, -0.05) is 18.2 Å². The summed E-state index contributed by atoms with van der Waals surface area (Å²) in [4.78, 5) is 31.9. The van der Waals surface area contributed by atoms with Crippen molar-refractivity contribution >= 4 is 5.65 Å². The molecule has 0 amide bonds. The second kappa shape index (κ2) is 8.33. The molecule has 11 heteroatoms. The van der Waals surface area contributed by atoms with Crippen LogP contribution in [0.15, 0.2) is 58.5 Å². The minimum atomic E-state index is -4.61. The number of aromatic amines is 2. The zero-order chi connectivity index (χ0) is 22.9. The lowest BCUT2D eigenvalue weighted by atomic mass is 10.1. The topological polar surface area (TPSA) is 105 Å². The van der Waals surface area contributed by atoms with E-state index in [1.807, 2.05) is 6.07 Å². The van der Waals surface area contributed by atoms with Gasteiger partial charge in [-0.15, -0.1) is 13.2 Å². The van der Waals surface area contributed by atoms with E-state index in [0.29, 0.717) is 22.7 Å². The summed E-state index contributed by atoms with van der Waals surface area (Å²) >= 11 is 0. The van der Waals surface area contributed by atoms with Gasteiger partial charge in [-0.2, -0.15) is 5.10 Å². The van der Waals surface area contributed by atoms with Crippen molar-refractivity contribution in [3.63, 3.8) is 0 Å². The molecule has 3 aromatic heterocycles. The maximum atomic E-state index is 11.9. The van der Waals surface area contributed by atoms with Gasteiger partial charge in [0.2, 0.25) is 0 Å². The highest BCUT2D eigenvalue weighted by Crippen LogP contribution is 2.42. The predicted octanol–water partition coefficient (Wildman–Crippen LogP) is 3.54. The van der Waals surface area contributed by atoms with Gasteiger partial charge in [-0.25, -0.2) is 14.3 Å². The summed E-state index contributed by atoms with van der Waals surface area (Å²) in [7, 11) is 0. The Balaban J connectivity index is 0.000000176. The Morgan fingerprint density at radius 1 is 1.19 bits per heavy atom. The van der Waals surface area contributed by atoms with Gasteiger partial charge < -0.3 is 9.72 Å². The number of hydrogen-bond acceptors (Lipinski definition) is 5. The van der Waals surface area contributed by atoms with E-state index < -0.39 is 17.6 Å². The Kier molecular flexibility index (Phi) is 5.56. The molecule has 0 radical (unpaired) electrons. The number of fused-ring (bicyclic) bond motifs is 1. The first-order valence-corrected chi connectivity index (χ1v) is 9.69. The van der Waals surface area contributed by atoms with Crippen LogP contribution in [-0.2, 0) is 0 Å². The molecule has 0 saturated heterocycles. The Hall–Kier alpha value is -3.89. The van der Waals surface area contributed by atoms with Gasteiger partial charge in [0.1, 0.15) is 5.75 Å². The fourth-order valence-corrected chi connectivity index (χ4v) is 3.16.